The van der Waals surface area contributed by atoms with Gasteiger partial charge in [0.1, 0.15) is 62.5 Å². The number of aliphatic imine (C=N–C) groups is 1. The second kappa shape index (κ2) is 40.4. The summed E-state index contributed by atoms with van der Waals surface area (Å²) in [6.07, 6.45) is 3.94. The number of hydrogen-bond acceptors (Lipinski definition) is 23. The van der Waals surface area contributed by atoms with Gasteiger partial charge >= 0.3 is 3.18 Å². The van der Waals surface area contributed by atoms with E-state index in [4.69, 9.17) is 72.1 Å². The molecule has 0 spiro atoms. The SMILES string of the molecule is BrB(Br)Br.C.COc1cc(CCN)cc(OC)c1.COc1cc(CCN=C=S)cc(OC)c1.COc1cc2c(c(OC)c1)-c1nnc(C(N)=O)n1CC2.COc1cc2c(c(OC)c1)C(=S)NCC2.N.NC(=O)C=O.NC(=O)c1nnc2n1CCc1cc(O)cc(O)c1-2. The Morgan fingerprint density at radius 1 is 0.620 bits per heavy atom. The van der Waals surface area contributed by atoms with E-state index in [2.05, 4.69) is 101 Å². The van der Waals surface area contributed by atoms with E-state index in [1.807, 2.05) is 54.6 Å². The molecule has 496 valence electrons. The second-order valence-corrected chi connectivity index (χ2v) is 25.5. The number of nitrogens with one attached hydrogen (secondary N) is 1. The summed E-state index contributed by atoms with van der Waals surface area (Å²) in [5.74, 6) is 5.12. The number of carbonyl (C=O) groups excluding carboxylic acids is 4. The molecule has 5 aromatic carbocycles. The number of primary amides is 3. The maximum absolute atomic E-state index is 11.3. The fourth-order valence-corrected chi connectivity index (χ4v) is 9.35. The van der Waals surface area contributed by atoms with Gasteiger partial charge in [0.2, 0.25) is 17.9 Å². The molecule has 0 bridgehead atoms. The Balaban J connectivity index is 0.000000379. The number of carbonyl (C=O) groups is 4. The van der Waals surface area contributed by atoms with Crippen LogP contribution in [-0.2, 0) is 54.8 Å². The zero-order valence-corrected chi connectivity index (χ0v) is 57.4. The van der Waals surface area contributed by atoms with Crippen molar-refractivity contribution in [1.82, 2.24) is 41.0 Å². The highest BCUT2D eigenvalue weighted by molar-refractivity contribution is 9.69. The highest BCUT2D eigenvalue weighted by Crippen LogP contribution is 2.41. The van der Waals surface area contributed by atoms with Crippen molar-refractivity contribution in [2.75, 3.05) is 76.5 Å². The zero-order chi connectivity index (χ0) is 66.6. The predicted molar refractivity (Wildman–Crippen MR) is 370 cm³/mol. The van der Waals surface area contributed by atoms with E-state index in [1.165, 1.54) is 11.6 Å². The first-order chi connectivity index (χ1) is 43.1. The van der Waals surface area contributed by atoms with Crippen LogP contribution in [0.5, 0.6) is 57.5 Å². The Kier molecular flexibility index (Phi) is 35.0. The topological polar surface area (TPSA) is 407 Å². The van der Waals surface area contributed by atoms with Gasteiger partial charge in [-0.05, 0) is 121 Å². The monoisotopic (exact) mass is 1500 g/mol. The van der Waals surface area contributed by atoms with Crippen molar-refractivity contribution in [1.29, 1.82) is 0 Å². The third-order valence-electron chi connectivity index (χ3n) is 12.9. The van der Waals surface area contributed by atoms with Gasteiger partial charge < -0.3 is 91.6 Å². The number of methoxy groups -OCH3 is 8. The van der Waals surface area contributed by atoms with E-state index in [-0.39, 0.29) is 46.2 Å². The quantitative estimate of drug-likeness (QED) is 0.0154. The lowest BCUT2D eigenvalue weighted by molar-refractivity contribution is -0.129. The number of aromatic hydroxyl groups is 2. The molecule has 2 aromatic heterocycles. The van der Waals surface area contributed by atoms with E-state index in [1.54, 1.807) is 78.1 Å². The number of phenolic OH excluding ortho intramolecular Hbond substituents is 2. The molecule has 14 N–H and O–H groups in total. The van der Waals surface area contributed by atoms with E-state index in [0.717, 1.165) is 111 Å². The number of aldehydes is 1. The van der Waals surface area contributed by atoms with Gasteiger partial charge in [0, 0.05) is 50.0 Å². The minimum atomic E-state index is -0.926. The van der Waals surface area contributed by atoms with Gasteiger partial charge in [-0.2, -0.15) is 0 Å². The molecule has 27 nitrogen and oxygen atoms in total. The summed E-state index contributed by atoms with van der Waals surface area (Å²) >= 11 is 19.1. The summed E-state index contributed by atoms with van der Waals surface area (Å²) in [6, 6.07) is 21.9. The van der Waals surface area contributed by atoms with Crippen LogP contribution in [0.3, 0.4) is 0 Å². The molecule has 5 heterocycles. The van der Waals surface area contributed by atoms with E-state index in [0.29, 0.717) is 55.6 Å². The van der Waals surface area contributed by atoms with Gasteiger partial charge in [0.25, 0.3) is 17.7 Å². The maximum Gasteiger partial charge on any atom is 0.369 e. The number of thiocarbonyl (C=S) groups is 2. The predicted octanol–water partition coefficient (Wildman–Crippen LogP) is 7.33. The minimum Gasteiger partial charge on any atom is -0.508 e. The number of nitrogens with two attached hydrogens (primary N) is 4. The number of aryl methyl sites for hydroxylation is 2. The summed E-state index contributed by atoms with van der Waals surface area (Å²) in [4.78, 5) is 45.4. The molecule has 3 amide bonds. The zero-order valence-electron chi connectivity index (χ0n) is 51.0. The van der Waals surface area contributed by atoms with Crippen LogP contribution in [0.4, 0.5) is 0 Å². The van der Waals surface area contributed by atoms with Gasteiger partial charge in [-0.15, -0.1) is 67.7 Å². The first-order valence-electron chi connectivity index (χ1n) is 26.7. The van der Waals surface area contributed by atoms with Gasteiger partial charge in [-0.1, -0.05) is 19.6 Å². The summed E-state index contributed by atoms with van der Waals surface area (Å²) < 4.78 is 45.3. The van der Waals surface area contributed by atoms with Crippen LogP contribution in [0.25, 0.3) is 22.8 Å². The molecular formula is C59H75BBr3N13O14S2. The minimum absolute atomic E-state index is 0. The molecule has 3 aliphatic heterocycles. The Hall–Kier alpha value is -8.43. The average Bonchev–Trinajstić information content (AvgIpc) is 1.54. The van der Waals surface area contributed by atoms with Crippen LogP contribution in [0.2, 0.25) is 0 Å². The van der Waals surface area contributed by atoms with Crippen LogP contribution in [-0.4, -0.2) is 154 Å². The first-order valence-corrected chi connectivity index (χ1v) is 30.3. The fraction of sp³-hybridized carbons (Fsp3) is 0.322. The van der Waals surface area contributed by atoms with Crippen LogP contribution < -0.4 is 72.3 Å². The molecule has 3 aliphatic rings. The largest absolute Gasteiger partial charge is 0.508 e. The molecule has 0 unspecified atom stereocenters. The Bertz CT molecular complexity index is 3590. The summed E-state index contributed by atoms with van der Waals surface area (Å²) in [7, 11) is 13.0. The van der Waals surface area contributed by atoms with Crippen molar-refractivity contribution < 1.29 is 67.3 Å². The molecule has 0 saturated heterocycles. The number of rotatable bonds is 16. The number of ether oxygens (including phenoxy) is 8. The number of nitrogens with zero attached hydrogens (tertiary/aromatic N) is 7. The molecule has 0 fully saturated rings. The van der Waals surface area contributed by atoms with Crippen LogP contribution in [0.1, 0.15) is 62.0 Å². The third kappa shape index (κ3) is 23.1. The lowest BCUT2D eigenvalue weighted by Gasteiger charge is -2.21. The smallest absolute Gasteiger partial charge is 0.369 e. The van der Waals surface area contributed by atoms with Crippen molar-refractivity contribution in [3.05, 3.63) is 118 Å². The average molecular weight is 1500 g/mol. The summed E-state index contributed by atoms with van der Waals surface area (Å²) in [5, 5.41) is 40.4. The first kappa shape index (κ1) is 79.7. The molecule has 0 radical (unpaired) electrons. The number of amides is 3. The van der Waals surface area contributed by atoms with Crippen molar-refractivity contribution in [2.24, 2.45) is 27.9 Å². The fourth-order valence-electron chi connectivity index (χ4n) is 8.92. The van der Waals surface area contributed by atoms with Gasteiger partial charge in [-0.25, -0.2) is 4.99 Å². The molecule has 0 saturated carbocycles. The van der Waals surface area contributed by atoms with E-state index in [9.17, 15) is 24.6 Å². The second-order valence-electron chi connectivity index (χ2n) is 18.4. The molecule has 33 heteroatoms. The number of halogens is 3. The van der Waals surface area contributed by atoms with E-state index >= 15 is 0 Å². The molecule has 0 aliphatic carbocycles. The van der Waals surface area contributed by atoms with Crippen LogP contribution in [0.15, 0.2) is 77.8 Å². The highest BCUT2D eigenvalue weighted by Gasteiger charge is 2.29. The van der Waals surface area contributed by atoms with Crippen molar-refractivity contribution in [2.45, 2.75) is 52.6 Å². The molecule has 0 atom stereocenters. The van der Waals surface area contributed by atoms with Crippen LogP contribution >= 0.6 is 71.7 Å². The molecule has 10 rings (SSSR count). The Morgan fingerprint density at radius 3 is 1.40 bits per heavy atom. The summed E-state index contributed by atoms with van der Waals surface area (Å²) in [5.41, 5.74) is 27.8. The standard InChI is InChI=1S/C13H14N4O3.C11H10N4O3.2C11H13NO2S.C10H15NO2.C2H3NO2.CH4.BBr3.H3N/c1-19-8-5-7-3-4-17-12(10(7)9(6-8)20-2)15-16-13(17)11(14)18;12-9(18)11-14-13-10-8-5(1-2-15(10)11)3-6(16)4-7(8)17;1-13-8-5-7-3-4-12-11(15)10(7)9(6-8)14-2;1-13-10-5-9(3-4-12-8-15)6-11(7-10)14-2;1-12-9-5-8(3-4-11)6-10(7-9)13-2;3-2(5)1-4;;2-1(3)4;/h5-6H,3-4H2,1-2H3,(H2,14,18);3-4,16-17H,1-2H2,(H2,12,18);5-6H,3-4H2,1-2H3,(H,12,15);5-7H,3-4H2,1-2H3;5-7H,3-4,11H2,1-2H3;1H,(H2,3,5);1H4;;1H3. The molecule has 7 aromatic rings. The highest BCUT2D eigenvalue weighted by atomic mass is 79.9. The number of fused-ring (bicyclic) bond motifs is 7. The lowest BCUT2D eigenvalue weighted by atomic mass is 9.99. The number of isothiocyanates is 1. The normalized spacial score (nSPS) is 11.1. The summed E-state index contributed by atoms with van der Waals surface area (Å²) in [6.45, 7) is 3.23. The Labute approximate surface area is 568 Å². The third-order valence-corrected chi connectivity index (χ3v) is 13.3. The van der Waals surface area contributed by atoms with Gasteiger partial charge in [0.15, 0.2) is 11.6 Å². The molecular weight excluding hydrogens is 1430 g/mol. The number of aromatic nitrogens is 6. The van der Waals surface area contributed by atoms with Gasteiger partial charge in [-0.3, -0.25) is 19.2 Å². The molecule has 92 heavy (non-hydrogen) atoms. The van der Waals surface area contributed by atoms with Gasteiger partial charge in [0.05, 0.1) is 85.3 Å². The van der Waals surface area contributed by atoms with Crippen molar-refractivity contribution >= 4 is 109 Å². The van der Waals surface area contributed by atoms with Crippen molar-refractivity contribution in [3.8, 4) is 80.3 Å². The van der Waals surface area contributed by atoms with E-state index < -0.39 is 17.7 Å². The number of phenols is 2. The number of hydrogen-bond donors (Lipinski definition) is 8. The number of benzene rings is 5. The van der Waals surface area contributed by atoms with Crippen LogP contribution in [0, 0.1) is 0 Å². The van der Waals surface area contributed by atoms with Crippen molar-refractivity contribution in [3.63, 3.8) is 0 Å². The Morgan fingerprint density at radius 2 is 1.01 bits per heavy atom. The maximum atomic E-state index is 11.3. The lowest BCUT2D eigenvalue weighted by Crippen LogP contribution is -2.31.